The van der Waals surface area contributed by atoms with E-state index in [9.17, 15) is 13.2 Å². The van der Waals surface area contributed by atoms with Gasteiger partial charge < -0.3 is 9.84 Å². The second-order valence-electron chi connectivity index (χ2n) is 4.39. The Bertz CT molecular complexity index is 579. The second kappa shape index (κ2) is 5.88. The Hall–Kier alpha value is -0.480. The molecule has 1 aromatic rings. The first-order valence-corrected chi connectivity index (χ1v) is 8.25. The van der Waals surface area contributed by atoms with Gasteiger partial charge in [-0.3, -0.25) is 0 Å². The van der Waals surface area contributed by atoms with E-state index in [1.54, 1.807) is 13.8 Å². The molecule has 1 heterocycles. The highest BCUT2D eigenvalue weighted by molar-refractivity contribution is 9.11. The predicted molar refractivity (Wildman–Crippen MR) is 74.8 cm³/mol. The highest BCUT2D eigenvalue weighted by Gasteiger charge is 2.29. The van der Waals surface area contributed by atoms with E-state index in [4.69, 9.17) is 5.11 Å². The number of ether oxygens (including phenoxy) is 1. The number of carbonyl (C=O) groups excluding carboxylic acids is 1. The Kier molecular flexibility index (Phi) is 5.13. The number of aliphatic hydroxyl groups is 1. The monoisotopic (exact) mass is 371 g/mol. The Morgan fingerprint density at radius 3 is 2.63 bits per heavy atom. The van der Waals surface area contributed by atoms with Gasteiger partial charge in [0, 0.05) is 0 Å². The van der Waals surface area contributed by atoms with Gasteiger partial charge in [0.15, 0.2) is 0 Å². The number of rotatable bonds is 5. The Morgan fingerprint density at radius 2 is 2.16 bits per heavy atom. The summed E-state index contributed by atoms with van der Waals surface area (Å²) in [4.78, 5) is 11.5. The van der Waals surface area contributed by atoms with Gasteiger partial charge in [0.05, 0.1) is 23.0 Å². The third-order valence-electron chi connectivity index (χ3n) is 2.14. The Morgan fingerprint density at radius 1 is 1.58 bits per heavy atom. The topological polar surface area (TPSA) is 92.7 Å². The number of esters is 1. The summed E-state index contributed by atoms with van der Waals surface area (Å²) in [6.45, 7) is 2.75. The van der Waals surface area contributed by atoms with E-state index < -0.39 is 21.5 Å². The number of halogens is 1. The first kappa shape index (κ1) is 16.6. The summed E-state index contributed by atoms with van der Waals surface area (Å²) in [5.41, 5.74) is -0.994. The van der Waals surface area contributed by atoms with E-state index in [0.29, 0.717) is 3.79 Å². The van der Waals surface area contributed by atoms with Gasteiger partial charge >= 0.3 is 5.97 Å². The van der Waals surface area contributed by atoms with Crippen LogP contribution in [0.4, 0.5) is 0 Å². The van der Waals surface area contributed by atoms with Crippen LogP contribution in [0.5, 0.6) is 0 Å². The highest BCUT2D eigenvalue weighted by Crippen LogP contribution is 2.32. The maximum atomic E-state index is 12.2. The summed E-state index contributed by atoms with van der Waals surface area (Å²) in [6, 6.07) is 1.23. The summed E-state index contributed by atoms with van der Waals surface area (Å²) in [7, 11) is -2.62. The fraction of sp³-hybridized carbons (Fsp3) is 0.500. The van der Waals surface area contributed by atoms with Crippen LogP contribution in [0.25, 0.3) is 0 Å². The molecule has 2 N–H and O–H groups in total. The van der Waals surface area contributed by atoms with E-state index in [-0.39, 0.29) is 16.4 Å². The van der Waals surface area contributed by atoms with Crippen molar-refractivity contribution < 1.29 is 23.1 Å². The highest BCUT2D eigenvalue weighted by atomic mass is 79.9. The van der Waals surface area contributed by atoms with Crippen molar-refractivity contribution in [3.63, 3.8) is 0 Å². The molecule has 19 heavy (non-hydrogen) atoms. The van der Waals surface area contributed by atoms with E-state index in [1.165, 1.54) is 13.2 Å². The lowest BCUT2D eigenvalue weighted by Gasteiger charge is -2.22. The lowest BCUT2D eigenvalue weighted by molar-refractivity contribution is 0.0606. The molecular formula is C10H14BrNO5S2. The molecule has 0 fully saturated rings. The molecule has 108 valence electrons. The minimum atomic E-state index is -3.84. The van der Waals surface area contributed by atoms with Crippen molar-refractivity contribution in [3.05, 3.63) is 14.7 Å². The lowest BCUT2D eigenvalue weighted by atomic mass is 10.1. The number of sulfonamides is 1. The van der Waals surface area contributed by atoms with Crippen molar-refractivity contribution in [1.29, 1.82) is 0 Å². The Labute approximate surface area is 124 Å². The van der Waals surface area contributed by atoms with E-state index in [2.05, 4.69) is 25.4 Å². The number of thiophene rings is 1. The van der Waals surface area contributed by atoms with Crippen molar-refractivity contribution in [3.8, 4) is 0 Å². The van der Waals surface area contributed by atoms with Crippen molar-refractivity contribution in [2.75, 3.05) is 13.7 Å². The molecular weight excluding hydrogens is 358 g/mol. The molecule has 0 aliphatic heterocycles. The van der Waals surface area contributed by atoms with Gasteiger partial charge in [0.25, 0.3) is 0 Å². The second-order valence-corrected chi connectivity index (χ2v) is 8.41. The van der Waals surface area contributed by atoms with Crippen LogP contribution in [-0.2, 0) is 14.8 Å². The van der Waals surface area contributed by atoms with Gasteiger partial charge in [-0.05, 0) is 35.8 Å². The molecule has 0 saturated carbocycles. The molecule has 0 aliphatic carbocycles. The van der Waals surface area contributed by atoms with E-state index in [1.807, 2.05) is 0 Å². The van der Waals surface area contributed by atoms with Crippen LogP contribution >= 0.6 is 27.3 Å². The largest absolute Gasteiger partial charge is 0.465 e. The summed E-state index contributed by atoms with van der Waals surface area (Å²) in [5.74, 6) is -0.603. The zero-order valence-electron chi connectivity index (χ0n) is 10.6. The molecule has 0 aliphatic rings. The Balaban J connectivity index is 3.16. The van der Waals surface area contributed by atoms with Gasteiger partial charge in [-0.1, -0.05) is 0 Å². The number of nitrogens with one attached hydrogen (secondary N) is 1. The number of hydrogen-bond donors (Lipinski definition) is 2. The fourth-order valence-corrected chi connectivity index (χ4v) is 5.08. The third-order valence-corrected chi connectivity index (χ3v) is 6.07. The number of methoxy groups -OCH3 is 1. The molecule has 9 heteroatoms. The average Bonchev–Trinajstić information content (AvgIpc) is 2.70. The van der Waals surface area contributed by atoms with Gasteiger partial charge in [-0.2, -0.15) is 0 Å². The summed E-state index contributed by atoms with van der Waals surface area (Å²) >= 11 is 4.08. The van der Waals surface area contributed by atoms with Gasteiger partial charge in [-0.25, -0.2) is 17.9 Å². The molecule has 1 rings (SSSR count). The predicted octanol–water partition coefficient (Wildman–Crippen LogP) is 1.35. The summed E-state index contributed by atoms with van der Waals surface area (Å²) < 4.78 is 31.5. The first-order chi connectivity index (χ1) is 8.63. The fourth-order valence-electron chi connectivity index (χ4n) is 1.19. The maximum absolute atomic E-state index is 12.2. The minimum Gasteiger partial charge on any atom is -0.465 e. The molecule has 0 amide bonds. The van der Waals surface area contributed by atoms with Crippen molar-refractivity contribution >= 4 is 43.3 Å². The number of hydrogen-bond acceptors (Lipinski definition) is 6. The molecule has 6 nitrogen and oxygen atoms in total. The van der Waals surface area contributed by atoms with Gasteiger partial charge in [0.1, 0.15) is 9.77 Å². The van der Waals surface area contributed by atoms with Gasteiger partial charge in [-0.15, -0.1) is 11.3 Å². The SMILES string of the molecule is COC(=O)c1cc(S(=O)(=O)NC(C)(C)CO)c(Br)s1. The maximum Gasteiger partial charge on any atom is 0.348 e. The molecule has 0 atom stereocenters. The standard InChI is InChI=1S/C10H14BrNO5S2/c1-10(2,5-13)12-19(15,16)7-4-6(9(14)17-3)18-8(7)11/h4,12-13H,5H2,1-3H3. The smallest absolute Gasteiger partial charge is 0.348 e. The van der Waals surface area contributed by atoms with Gasteiger partial charge in [0.2, 0.25) is 10.0 Å². The van der Waals surface area contributed by atoms with Crippen molar-refractivity contribution in [2.45, 2.75) is 24.3 Å². The van der Waals surface area contributed by atoms with Crippen LogP contribution < -0.4 is 4.72 Å². The quantitative estimate of drug-likeness (QED) is 0.762. The molecule has 0 saturated heterocycles. The lowest BCUT2D eigenvalue weighted by Crippen LogP contribution is -2.46. The summed E-state index contributed by atoms with van der Waals surface area (Å²) in [6.07, 6.45) is 0. The van der Waals surface area contributed by atoms with E-state index >= 15 is 0 Å². The van der Waals surface area contributed by atoms with Crippen LogP contribution in [0.2, 0.25) is 0 Å². The molecule has 1 aromatic heterocycles. The molecule has 0 unspecified atom stereocenters. The molecule has 0 bridgehead atoms. The normalized spacial score (nSPS) is 12.5. The molecule has 0 radical (unpaired) electrons. The van der Waals surface area contributed by atoms with Crippen molar-refractivity contribution in [1.82, 2.24) is 4.72 Å². The first-order valence-electron chi connectivity index (χ1n) is 5.15. The van der Waals surface area contributed by atoms with Crippen LogP contribution in [0.15, 0.2) is 14.7 Å². The van der Waals surface area contributed by atoms with Crippen LogP contribution in [0.1, 0.15) is 23.5 Å². The summed E-state index contributed by atoms with van der Waals surface area (Å²) in [5, 5.41) is 9.09. The van der Waals surface area contributed by atoms with Crippen LogP contribution in [0.3, 0.4) is 0 Å². The number of aliphatic hydroxyl groups excluding tert-OH is 1. The zero-order valence-corrected chi connectivity index (χ0v) is 13.8. The average molecular weight is 372 g/mol. The zero-order chi connectivity index (χ0) is 14.8. The third kappa shape index (κ3) is 3.99. The minimum absolute atomic E-state index is 0.0561. The molecule has 0 aromatic carbocycles. The number of carbonyl (C=O) groups is 1. The van der Waals surface area contributed by atoms with Crippen LogP contribution in [-0.4, -0.2) is 38.7 Å². The van der Waals surface area contributed by atoms with Crippen molar-refractivity contribution in [2.24, 2.45) is 0 Å². The van der Waals surface area contributed by atoms with E-state index in [0.717, 1.165) is 11.3 Å². The molecule has 0 spiro atoms. The van der Waals surface area contributed by atoms with Crippen LogP contribution in [0, 0.1) is 0 Å².